The molecule has 0 saturated carbocycles. The first-order valence-electron chi connectivity index (χ1n) is 21.3. The van der Waals surface area contributed by atoms with Gasteiger partial charge < -0.3 is 20.6 Å². The number of hydrogen-bond acceptors (Lipinski definition) is 22. The molecule has 3 amide bonds. The van der Waals surface area contributed by atoms with Crippen molar-refractivity contribution in [3.63, 3.8) is 0 Å². The molecule has 0 saturated heterocycles. The molecular weight excluding hydrogens is 1170 g/mol. The van der Waals surface area contributed by atoms with Gasteiger partial charge in [0, 0.05) is 22.7 Å². The third kappa shape index (κ3) is 13.6. The molecule has 2 aliphatic rings. The summed E-state index contributed by atoms with van der Waals surface area (Å²) in [6.45, 7) is 4.37. The molecule has 29 nitrogen and oxygen atoms in total. The third-order valence-corrected chi connectivity index (χ3v) is 14.1. The molecule has 0 aromatic heterocycles. The minimum Gasteiger partial charge on any atom is -0.505 e. The normalized spacial score (nSPS) is 15.7. The Balaban J connectivity index is 0.00000392. The van der Waals surface area contributed by atoms with Crippen molar-refractivity contribution in [2.24, 2.45) is 40.9 Å². The first-order chi connectivity index (χ1) is 36.0. The Hall–Kier alpha value is -6.05. The number of hydrogen-bond donors (Lipinski definition) is 7. The maximum Gasteiger partial charge on any atom is 1.00 e. The zero-order valence-corrected chi connectivity index (χ0v) is 51.2. The van der Waals surface area contributed by atoms with Crippen LogP contribution in [-0.4, -0.2) is 100 Å². The van der Waals surface area contributed by atoms with Gasteiger partial charge in [0.15, 0.2) is 23.6 Å². The van der Waals surface area contributed by atoms with Crippen LogP contribution in [0, 0.1) is 17.0 Å². The number of nitrogens with one attached hydrogen (secondary N) is 1. The minimum absolute atomic E-state index is 0. The number of amides is 3. The molecule has 0 aliphatic carbocycles. The first kappa shape index (κ1) is 64.8. The van der Waals surface area contributed by atoms with Gasteiger partial charge in [0.1, 0.15) is 26.9 Å². The largest absolute Gasteiger partial charge is 1.00 e. The topological polar surface area (TPSA) is 436 Å². The van der Waals surface area contributed by atoms with Crippen LogP contribution >= 0.6 is 11.6 Å². The molecule has 2 aliphatic heterocycles. The molecule has 0 spiro atoms. The third-order valence-electron chi connectivity index (χ3n) is 11.3. The van der Waals surface area contributed by atoms with E-state index in [2.05, 4.69) is 46.2 Å². The van der Waals surface area contributed by atoms with Crippen LogP contribution in [-0.2, 0) is 39.9 Å². The number of aryl methyl sites for hydroxylation is 1. The van der Waals surface area contributed by atoms with Gasteiger partial charge >= 0.3 is 94.4 Å². The molecule has 0 radical (unpaired) electrons. The van der Waals surface area contributed by atoms with Crippen LogP contribution in [0.5, 0.6) is 17.2 Å². The van der Waals surface area contributed by atoms with E-state index in [9.17, 15) is 78.7 Å². The number of nitro groups is 1. The monoisotopic (exact) mass is 1200 g/mol. The Morgan fingerprint density at radius 3 is 1.69 bits per heavy atom. The quantitative estimate of drug-likeness (QED) is 0.0226. The summed E-state index contributed by atoms with van der Waals surface area (Å²) in [5.74, 6) is -4.70. The number of aromatic hydroxyl groups is 3. The molecule has 0 fully saturated rings. The average Bonchev–Trinajstić information content (AvgIpc) is 3.80. The molecule has 2 atom stereocenters. The van der Waals surface area contributed by atoms with Gasteiger partial charge in [-0.05, 0) is 117 Å². The second-order valence-corrected chi connectivity index (χ2v) is 21.1. The van der Waals surface area contributed by atoms with Crippen molar-refractivity contribution in [2.45, 2.75) is 47.5 Å². The average molecular weight is 1200 g/mol. The molecule has 2 unspecified atom stereocenters. The van der Waals surface area contributed by atoms with E-state index in [1.165, 1.54) is 74.5 Å². The van der Waals surface area contributed by atoms with Crippen LogP contribution in [0.1, 0.15) is 29.8 Å². The van der Waals surface area contributed by atoms with Gasteiger partial charge in [-0.2, -0.15) is 71.0 Å². The zero-order chi connectivity index (χ0) is 56.2. The molecule has 80 heavy (non-hydrogen) atoms. The van der Waals surface area contributed by atoms with Gasteiger partial charge in [0.05, 0.1) is 43.3 Å². The van der Waals surface area contributed by atoms with Crippen LogP contribution in [0.3, 0.4) is 0 Å². The van der Waals surface area contributed by atoms with Crippen LogP contribution in [0.15, 0.2) is 147 Å². The number of carbonyl (C=O) groups excluding carboxylic acids is 3. The Morgan fingerprint density at radius 1 is 0.637 bits per heavy atom. The number of nitro benzene ring substituents is 1. The minimum atomic E-state index is -5.15. The van der Waals surface area contributed by atoms with Crippen molar-refractivity contribution in [3.8, 4) is 17.2 Å². The maximum absolute atomic E-state index is 13.5. The van der Waals surface area contributed by atoms with Gasteiger partial charge in [-0.1, -0.05) is 11.6 Å². The number of hydrazone groups is 2. The summed E-state index contributed by atoms with van der Waals surface area (Å²) < 4.78 is 101. The molecule has 7 N–H and O–H groups in total. The van der Waals surface area contributed by atoms with E-state index in [1.54, 1.807) is 6.92 Å². The number of phenols is 3. The van der Waals surface area contributed by atoms with E-state index in [1.807, 2.05) is 0 Å². The Labute approximate surface area is 522 Å². The second kappa shape index (κ2) is 25.0. The van der Waals surface area contributed by atoms with Crippen molar-refractivity contribution < 1.29 is 162 Å². The molecule has 0 bridgehead atoms. The van der Waals surface area contributed by atoms with E-state index in [4.69, 9.17) is 11.6 Å². The fourth-order valence-corrected chi connectivity index (χ4v) is 9.37. The van der Waals surface area contributed by atoms with E-state index in [0.29, 0.717) is 17.7 Å². The molecular formula is C44H33ClN12Na3O17S3+3. The number of rotatable bonds is 14. The number of nitrogens with zero attached hydrogens (tertiary/aromatic N) is 11. The Bertz CT molecular complexity index is 4120. The van der Waals surface area contributed by atoms with Crippen LogP contribution in [0.25, 0.3) is 10.8 Å². The van der Waals surface area contributed by atoms with Gasteiger partial charge in [0.25, 0.3) is 48.1 Å². The fourth-order valence-electron chi connectivity index (χ4n) is 7.38. The van der Waals surface area contributed by atoms with E-state index < -0.39 is 125 Å². The van der Waals surface area contributed by atoms with Crippen molar-refractivity contribution in [2.75, 3.05) is 15.3 Å². The molecule has 8 rings (SSSR count). The van der Waals surface area contributed by atoms with E-state index >= 15 is 0 Å². The number of fused-ring (bicyclic) bond motifs is 1. The SMILES string of the molecule is CC1=NN(c2ccc(NC(=O)c3ccc(N=Nc4c(S(=O)(=O)O)cc5cc(N6N=C(C)C(N=Nc7cc(S(=O)(=O)O)cc([N+](=O)[O-])c7O)C6=O)ccc5c4O)c(C)c3)cc2)C(=O)C1N=Nc1cc(S(=O)(=O)O)cc(Cl)c1O.[Na+].[Na+].[Na+]. The second-order valence-electron chi connectivity index (χ2n) is 16.5. The summed E-state index contributed by atoms with van der Waals surface area (Å²) >= 11 is 5.87. The standard InChI is InChI=1S/C44H33ClN12O17S3.3Na/c1-19-12-22(42(61)46-24-5-7-25(8-6-24)55-43(62)36(20(2)53-55)50-48-32-16-27(75(66,67)68)15-30(45)40(32)59)4-11-31(19)47-52-38-35(77(72,73)74)14-23-13-26(9-10-29(23)39(38)58)56-44(63)37(21(3)54-56)51-49-33-17-28(76(69,70)71)18-34(41(33)60)57(64)65;;;/h4-18,36-37,58-60H,1-3H3,(H,46,61)(H,66,67,68)(H,69,70,71)(H,72,73,74);;;/q;3*+1. The van der Waals surface area contributed by atoms with Crippen molar-refractivity contribution in [1.82, 2.24) is 0 Å². The summed E-state index contributed by atoms with van der Waals surface area (Å²) in [6, 6.07) is 14.5. The predicted octanol–water partition coefficient (Wildman–Crippen LogP) is -1.00. The summed E-state index contributed by atoms with van der Waals surface area (Å²) in [7, 11) is -14.9. The smallest absolute Gasteiger partial charge is 0.505 e. The van der Waals surface area contributed by atoms with Gasteiger partial charge in [-0.15, -0.1) is 5.11 Å². The summed E-state index contributed by atoms with van der Waals surface area (Å²) in [5.41, 5.74) is -1.79. The van der Waals surface area contributed by atoms with Crippen LogP contribution < -0.4 is 104 Å². The van der Waals surface area contributed by atoms with E-state index in [-0.39, 0.29) is 139 Å². The summed E-state index contributed by atoms with van der Waals surface area (Å²) in [4.78, 5) is 47.9. The number of benzene rings is 6. The molecule has 6 aromatic carbocycles. The van der Waals surface area contributed by atoms with Crippen molar-refractivity contribution in [1.29, 1.82) is 0 Å². The maximum atomic E-state index is 13.5. The van der Waals surface area contributed by atoms with Gasteiger partial charge in [-0.3, -0.25) is 38.2 Å². The Kier molecular flexibility index (Phi) is 20.2. The Morgan fingerprint density at radius 2 is 1.16 bits per heavy atom. The number of azo groups is 3. The van der Waals surface area contributed by atoms with Gasteiger partial charge in [0.2, 0.25) is 5.75 Å². The van der Waals surface area contributed by atoms with Crippen LogP contribution in [0.4, 0.5) is 45.5 Å². The number of halogens is 1. The molecule has 396 valence electrons. The molecule has 36 heteroatoms. The predicted molar refractivity (Wildman–Crippen MR) is 270 cm³/mol. The molecule has 6 aromatic rings. The summed E-state index contributed by atoms with van der Waals surface area (Å²) in [5, 5.41) is 78.7. The number of carbonyl (C=O) groups is 3. The van der Waals surface area contributed by atoms with E-state index in [0.717, 1.165) is 28.2 Å². The first-order valence-corrected chi connectivity index (χ1v) is 26.0. The zero-order valence-electron chi connectivity index (χ0n) is 42.0. The summed E-state index contributed by atoms with van der Waals surface area (Å²) in [6.07, 6.45) is 0. The van der Waals surface area contributed by atoms with Crippen molar-refractivity contribution >= 4 is 127 Å². The number of anilines is 3. The van der Waals surface area contributed by atoms with Gasteiger partial charge in [-0.25, -0.2) is 0 Å². The molecule has 2 heterocycles. The van der Waals surface area contributed by atoms with Crippen LogP contribution in [0.2, 0.25) is 5.02 Å². The van der Waals surface area contributed by atoms with Crippen molar-refractivity contribution in [3.05, 3.63) is 117 Å². The fraction of sp³-hybridized carbons (Fsp3) is 0.114. The number of phenolic OH excluding ortho intramolecular Hbond substituents is 3.